The van der Waals surface area contributed by atoms with E-state index in [4.69, 9.17) is 9.26 Å². The molecule has 0 aliphatic carbocycles. The molecule has 2 aliphatic rings. The number of aryl methyl sites for hydroxylation is 1. The number of pyridine rings is 1. The number of piperidine rings is 2. The van der Waals surface area contributed by atoms with E-state index in [0.717, 1.165) is 64.1 Å². The zero-order chi connectivity index (χ0) is 21.1. The fourth-order valence-corrected chi connectivity index (χ4v) is 4.19. The first-order valence-electron chi connectivity index (χ1n) is 10.3. The second-order valence-electron chi connectivity index (χ2n) is 7.98. The molecule has 2 saturated heterocycles. The highest BCUT2D eigenvalue weighted by Crippen LogP contribution is 2.30. The van der Waals surface area contributed by atoms with Crippen molar-refractivity contribution in [2.75, 3.05) is 26.2 Å². The fourth-order valence-electron chi connectivity index (χ4n) is 4.19. The van der Waals surface area contributed by atoms with Gasteiger partial charge < -0.3 is 14.2 Å². The zero-order valence-electron chi connectivity index (χ0n) is 16.9. The molecule has 30 heavy (non-hydrogen) atoms. The Labute approximate surface area is 173 Å². The van der Waals surface area contributed by atoms with Gasteiger partial charge in [-0.2, -0.15) is 18.2 Å². The molecule has 164 valence electrons. The van der Waals surface area contributed by atoms with E-state index in [1.165, 1.54) is 6.07 Å². The third-order valence-corrected chi connectivity index (χ3v) is 5.83. The topological polar surface area (TPSA) is 67.5 Å². The van der Waals surface area contributed by atoms with Crippen LogP contribution in [0, 0.1) is 6.92 Å². The van der Waals surface area contributed by atoms with Gasteiger partial charge in [0.25, 0.3) is 0 Å². The lowest BCUT2D eigenvalue weighted by molar-refractivity contribution is -0.137. The predicted molar refractivity (Wildman–Crippen MR) is 102 cm³/mol. The van der Waals surface area contributed by atoms with Gasteiger partial charge in [-0.3, -0.25) is 4.90 Å². The van der Waals surface area contributed by atoms with Crippen LogP contribution in [0.4, 0.5) is 13.2 Å². The minimum absolute atomic E-state index is 0.00802. The van der Waals surface area contributed by atoms with Crippen LogP contribution in [0.25, 0.3) is 0 Å². The van der Waals surface area contributed by atoms with E-state index in [1.807, 2.05) is 6.92 Å². The second-order valence-corrected chi connectivity index (χ2v) is 7.98. The Balaban J connectivity index is 1.19. The molecule has 0 radical (unpaired) electrons. The Bertz CT molecular complexity index is 811. The van der Waals surface area contributed by atoms with Crippen LogP contribution in [0.3, 0.4) is 0 Å². The van der Waals surface area contributed by atoms with Crippen molar-refractivity contribution in [1.82, 2.24) is 24.9 Å². The first-order valence-corrected chi connectivity index (χ1v) is 10.3. The molecule has 4 rings (SSSR count). The summed E-state index contributed by atoms with van der Waals surface area (Å²) in [5, 5.41) is 3.84. The maximum Gasteiger partial charge on any atom is 0.417 e. The van der Waals surface area contributed by atoms with Crippen molar-refractivity contribution < 1.29 is 22.4 Å². The Morgan fingerprint density at radius 3 is 2.40 bits per heavy atom. The highest BCUT2D eigenvalue weighted by Gasteiger charge is 2.32. The Hall–Kier alpha value is -2.20. The van der Waals surface area contributed by atoms with Crippen LogP contribution in [0.5, 0.6) is 5.88 Å². The van der Waals surface area contributed by atoms with Crippen molar-refractivity contribution >= 4 is 0 Å². The molecule has 7 nitrogen and oxygen atoms in total. The number of hydrogen-bond acceptors (Lipinski definition) is 7. The number of rotatable bonds is 5. The summed E-state index contributed by atoms with van der Waals surface area (Å²) in [7, 11) is 0. The van der Waals surface area contributed by atoms with Crippen LogP contribution < -0.4 is 4.74 Å². The van der Waals surface area contributed by atoms with Crippen molar-refractivity contribution in [1.29, 1.82) is 0 Å². The van der Waals surface area contributed by atoms with Gasteiger partial charge in [0.2, 0.25) is 11.8 Å². The highest BCUT2D eigenvalue weighted by molar-refractivity contribution is 5.20. The smallest absolute Gasteiger partial charge is 0.417 e. The average molecular weight is 425 g/mol. The molecule has 0 N–H and O–H groups in total. The number of halogens is 3. The fraction of sp³-hybridized carbons (Fsp3) is 0.650. The van der Waals surface area contributed by atoms with E-state index in [2.05, 4.69) is 24.9 Å². The maximum absolute atomic E-state index is 12.6. The summed E-state index contributed by atoms with van der Waals surface area (Å²) in [6.45, 7) is 6.37. The van der Waals surface area contributed by atoms with Gasteiger partial charge >= 0.3 is 6.18 Å². The first-order chi connectivity index (χ1) is 14.4. The third-order valence-electron chi connectivity index (χ3n) is 5.83. The number of ether oxygens (including phenoxy) is 1. The van der Waals surface area contributed by atoms with Crippen molar-refractivity contribution in [2.45, 2.75) is 57.5 Å². The standard InChI is InChI=1S/C20H26F3N5O2/c1-14-25-19(30-26-14)13-27-8-4-16(5-9-27)28-10-6-17(7-11-28)29-18-3-2-15(12-24-18)20(21,22)23/h2-3,12,16-17H,4-11,13H2,1H3. The number of likely N-dealkylation sites (tertiary alicyclic amines) is 2. The number of aromatic nitrogens is 3. The van der Waals surface area contributed by atoms with Crippen LogP contribution in [-0.2, 0) is 12.7 Å². The third kappa shape index (κ3) is 5.28. The SMILES string of the molecule is Cc1noc(CN2CCC(N3CCC(Oc4ccc(C(F)(F)F)cn4)CC3)CC2)n1. The first kappa shape index (κ1) is 21.0. The number of alkyl halides is 3. The van der Waals surface area contributed by atoms with Gasteiger partial charge in [0.1, 0.15) is 6.10 Å². The molecule has 0 spiro atoms. The van der Waals surface area contributed by atoms with Crippen LogP contribution in [0.15, 0.2) is 22.9 Å². The summed E-state index contributed by atoms with van der Waals surface area (Å²) in [5.41, 5.74) is -0.759. The molecule has 2 fully saturated rings. The van der Waals surface area contributed by atoms with Crippen LogP contribution >= 0.6 is 0 Å². The van der Waals surface area contributed by atoms with E-state index >= 15 is 0 Å². The molecule has 0 amide bonds. The maximum atomic E-state index is 12.6. The van der Waals surface area contributed by atoms with Gasteiger partial charge in [-0.15, -0.1) is 0 Å². The highest BCUT2D eigenvalue weighted by atomic mass is 19.4. The number of hydrogen-bond donors (Lipinski definition) is 0. The van der Waals surface area contributed by atoms with Gasteiger partial charge in [0.05, 0.1) is 12.1 Å². The lowest BCUT2D eigenvalue weighted by Gasteiger charge is -2.41. The lowest BCUT2D eigenvalue weighted by atomic mass is 9.99. The average Bonchev–Trinajstić information content (AvgIpc) is 3.14. The molecule has 0 aromatic carbocycles. The molecule has 10 heteroatoms. The molecule has 2 aromatic heterocycles. The van der Waals surface area contributed by atoms with Crippen molar-refractivity contribution in [3.63, 3.8) is 0 Å². The summed E-state index contributed by atoms with van der Waals surface area (Å²) >= 11 is 0. The van der Waals surface area contributed by atoms with Crippen molar-refractivity contribution in [2.24, 2.45) is 0 Å². The quantitative estimate of drug-likeness (QED) is 0.728. The molecule has 2 aliphatic heterocycles. The number of nitrogens with zero attached hydrogens (tertiary/aromatic N) is 5. The van der Waals surface area contributed by atoms with Crippen LogP contribution in [0.2, 0.25) is 0 Å². The normalized spacial score (nSPS) is 20.5. The minimum atomic E-state index is -4.38. The Morgan fingerprint density at radius 1 is 1.10 bits per heavy atom. The summed E-state index contributed by atoms with van der Waals surface area (Å²) < 4.78 is 48.9. The second kappa shape index (κ2) is 8.89. The zero-order valence-corrected chi connectivity index (χ0v) is 16.9. The van der Waals surface area contributed by atoms with Gasteiger partial charge in [-0.1, -0.05) is 5.16 Å². The molecule has 0 unspecified atom stereocenters. The molecular formula is C20H26F3N5O2. The summed E-state index contributed by atoms with van der Waals surface area (Å²) in [6.07, 6.45) is 0.336. The summed E-state index contributed by atoms with van der Waals surface area (Å²) in [4.78, 5) is 12.9. The molecular weight excluding hydrogens is 399 g/mol. The molecule has 0 saturated carbocycles. The Morgan fingerprint density at radius 2 is 1.83 bits per heavy atom. The van der Waals surface area contributed by atoms with E-state index in [0.29, 0.717) is 24.3 Å². The summed E-state index contributed by atoms with van der Waals surface area (Å²) in [6, 6.07) is 2.87. The van der Waals surface area contributed by atoms with E-state index in [9.17, 15) is 13.2 Å². The van der Waals surface area contributed by atoms with Gasteiger partial charge in [-0.25, -0.2) is 4.98 Å². The van der Waals surface area contributed by atoms with Crippen LogP contribution in [0.1, 0.15) is 43.0 Å². The molecule has 0 atom stereocenters. The van der Waals surface area contributed by atoms with Gasteiger partial charge in [-0.05, 0) is 38.7 Å². The van der Waals surface area contributed by atoms with Crippen molar-refractivity contribution in [3.8, 4) is 5.88 Å². The van der Waals surface area contributed by atoms with E-state index < -0.39 is 11.7 Å². The molecule has 2 aromatic rings. The lowest BCUT2D eigenvalue weighted by Crippen LogP contribution is -2.49. The van der Waals surface area contributed by atoms with Gasteiger partial charge in [0.15, 0.2) is 5.82 Å². The monoisotopic (exact) mass is 425 g/mol. The Kier molecular flexibility index (Phi) is 6.24. The minimum Gasteiger partial charge on any atom is -0.474 e. The predicted octanol–water partition coefficient (Wildman–Crippen LogP) is 3.30. The van der Waals surface area contributed by atoms with Gasteiger partial charge in [0, 0.05) is 44.5 Å². The van der Waals surface area contributed by atoms with E-state index in [1.54, 1.807) is 0 Å². The van der Waals surface area contributed by atoms with Crippen LogP contribution in [-0.4, -0.2) is 63.2 Å². The molecule has 4 heterocycles. The summed E-state index contributed by atoms with van der Waals surface area (Å²) in [5.74, 6) is 1.59. The molecule has 0 bridgehead atoms. The van der Waals surface area contributed by atoms with Crippen molar-refractivity contribution in [3.05, 3.63) is 35.6 Å². The van der Waals surface area contributed by atoms with E-state index in [-0.39, 0.29) is 12.0 Å². The largest absolute Gasteiger partial charge is 0.474 e.